The molecule has 1 aliphatic carbocycles. The fourth-order valence-electron chi connectivity index (χ4n) is 3.26. The van der Waals surface area contributed by atoms with E-state index in [1.54, 1.807) is 6.92 Å². The van der Waals surface area contributed by atoms with E-state index in [4.69, 9.17) is 4.74 Å². The van der Waals surface area contributed by atoms with Crippen LogP contribution in [-0.4, -0.2) is 11.4 Å². The zero-order chi connectivity index (χ0) is 14.5. The molecule has 20 heavy (non-hydrogen) atoms. The Kier molecular flexibility index (Phi) is 3.00. The van der Waals surface area contributed by atoms with Gasteiger partial charge in [-0.3, -0.25) is 4.79 Å². The molecule has 2 aliphatic rings. The Bertz CT molecular complexity index is 621. The zero-order valence-electron chi connectivity index (χ0n) is 12.8. The normalized spacial score (nSPS) is 19.5. The number of allylic oxidation sites excluding steroid dienone is 2. The number of hydrogen-bond acceptors (Lipinski definition) is 2. The summed E-state index contributed by atoms with van der Waals surface area (Å²) in [6.45, 7) is 8.09. The lowest BCUT2D eigenvalue weighted by Crippen LogP contribution is -2.34. The van der Waals surface area contributed by atoms with Crippen molar-refractivity contribution in [3.8, 4) is 5.75 Å². The van der Waals surface area contributed by atoms with E-state index in [-0.39, 0.29) is 11.4 Å². The Morgan fingerprint density at radius 1 is 1.30 bits per heavy atom. The number of rotatable bonds is 1. The molecule has 1 heterocycles. The second-order valence-electron chi connectivity index (χ2n) is 6.72. The predicted molar refractivity (Wildman–Crippen MR) is 80.6 cm³/mol. The van der Waals surface area contributed by atoms with Gasteiger partial charge in [0.25, 0.3) is 0 Å². The van der Waals surface area contributed by atoms with Gasteiger partial charge >= 0.3 is 0 Å². The number of carbonyl (C=O) groups is 1. The van der Waals surface area contributed by atoms with E-state index in [1.165, 1.54) is 22.3 Å². The van der Waals surface area contributed by atoms with Gasteiger partial charge in [-0.1, -0.05) is 11.6 Å². The van der Waals surface area contributed by atoms with Crippen molar-refractivity contribution in [1.29, 1.82) is 0 Å². The van der Waals surface area contributed by atoms with Gasteiger partial charge in [0.1, 0.15) is 11.4 Å². The largest absolute Gasteiger partial charge is 0.487 e. The first-order valence-electron chi connectivity index (χ1n) is 7.40. The summed E-state index contributed by atoms with van der Waals surface area (Å²) >= 11 is 0. The number of aryl methyl sites for hydroxylation is 1. The minimum atomic E-state index is -0.102. The van der Waals surface area contributed by atoms with Crippen LogP contribution in [0.2, 0.25) is 0 Å². The van der Waals surface area contributed by atoms with E-state index in [9.17, 15) is 4.79 Å². The number of ketones is 1. The highest BCUT2D eigenvalue weighted by molar-refractivity contribution is 5.97. The van der Waals surface area contributed by atoms with E-state index >= 15 is 0 Å². The third kappa shape index (κ3) is 2.17. The van der Waals surface area contributed by atoms with E-state index in [0.717, 1.165) is 37.0 Å². The quantitative estimate of drug-likeness (QED) is 0.568. The average Bonchev–Trinajstić information content (AvgIpc) is 2.36. The minimum absolute atomic E-state index is 0.102. The van der Waals surface area contributed by atoms with Gasteiger partial charge in [0.05, 0.1) is 0 Å². The van der Waals surface area contributed by atoms with Crippen molar-refractivity contribution in [2.24, 2.45) is 0 Å². The molecule has 0 N–H and O–H groups in total. The average molecular weight is 270 g/mol. The maximum absolute atomic E-state index is 12.0. The molecule has 0 fully saturated rings. The molecule has 106 valence electrons. The molecule has 1 aromatic rings. The smallest absolute Gasteiger partial charge is 0.160 e. The maximum Gasteiger partial charge on any atom is 0.160 e. The fourth-order valence-corrected chi connectivity index (χ4v) is 3.26. The molecular weight excluding hydrogens is 248 g/mol. The number of fused-ring (bicyclic) bond motifs is 3. The van der Waals surface area contributed by atoms with Crippen LogP contribution in [-0.2, 0) is 19.3 Å². The van der Waals surface area contributed by atoms with Crippen LogP contribution >= 0.6 is 0 Å². The summed E-state index contributed by atoms with van der Waals surface area (Å²) in [7, 11) is 0. The van der Waals surface area contributed by atoms with E-state index in [2.05, 4.69) is 32.9 Å². The summed E-state index contributed by atoms with van der Waals surface area (Å²) in [5, 5.41) is 0. The molecule has 0 aromatic heterocycles. The molecule has 0 atom stereocenters. The van der Waals surface area contributed by atoms with Gasteiger partial charge < -0.3 is 4.74 Å². The molecule has 0 radical (unpaired) electrons. The highest BCUT2D eigenvalue weighted by Crippen LogP contribution is 2.41. The topological polar surface area (TPSA) is 26.3 Å². The molecule has 1 aliphatic heterocycles. The van der Waals surface area contributed by atoms with Gasteiger partial charge in [-0.15, -0.1) is 0 Å². The summed E-state index contributed by atoms with van der Waals surface area (Å²) in [6, 6.07) is 2.07. The van der Waals surface area contributed by atoms with Crippen LogP contribution in [0, 0.1) is 0 Å². The summed E-state index contributed by atoms with van der Waals surface area (Å²) in [5.41, 5.74) is 5.78. The SMILES string of the molecule is CC(=O)c1cc2c(c3c1CC(C)=CC3)OC(C)(C)CC2. The Morgan fingerprint density at radius 3 is 2.75 bits per heavy atom. The maximum atomic E-state index is 12.0. The third-order valence-corrected chi connectivity index (χ3v) is 4.44. The van der Waals surface area contributed by atoms with Gasteiger partial charge in [0.2, 0.25) is 0 Å². The summed E-state index contributed by atoms with van der Waals surface area (Å²) in [4.78, 5) is 12.0. The lowest BCUT2D eigenvalue weighted by atomic mass is 9.82. The van der Waals surface area contributed by atoms with Crippen molar-refractivity contribution < 1.29 is 9.53 Å². The van der Waals surface area contributed by atoms with Crippen LogP contribution in [0.4, 0.5) is 0 Å². The van der Waals surface area contributed by atoms with Gasteiger partial charge in [-0.2, -0.15) is 0 Å². The molecule has 0 saturated heterocycles. The van der Waals surface area contributed by atoms with Gasteiger partial charge in [-0.05, 0) is 70.6 Å². The standard InChI is InChI=1S/C18H22O2/c1-11-5-6-14-16(9-11)15(12(2)19)10-13-7-8-18(3,4)20-17(13)14/h5,10H,6-9H2,1-4H3. The first-order valence-corrected chi connectivity index (χ1v) is 7.40. The molecule has 0 saturated carbocycles. The second-order valence-corrected chi connectivity index (χ2v) is 6.72. The van der Waals surface area contributed by atoms with Crippen molar-refractivity contribution in [3.63, 3.8) is 0 Å². The molecule has 0 bridgehead atoms. The Labute approximate surface area is 120 Å². The molecule has 2 heteroatoms. The Morgan fingerprint density at radius 2 is 2.05 bits per heavy atom. The number of ether oxygens (including phenoxy) is 1. The van der Waals surface area contributed by atoms with Crippen LogP contribution in [0.15, 0.2) is 17.7 Å². The number of hydrogen-bond donors (Lipinski definition) is 0. The number of Topliss-reactive ketones (excluding diaryl/α,β-unsaturated/α-hetero) is 1. The molecule has 0 amide bonds. The minimum Gasteiger partial charge on any atom is -0.487 e. The molecular formula is C18H22O2. The van der Waals surface area contributed by atoms with E-state index in [1.807, 2.05) is 0 Å². The number of carbonyl (C=O) groups excluding carboxylic acids is 1. The van der Waals surface area contributed by atoms with E-state index < -0.39 is 0 Å². The van der Waals surface area contributed by atoms with Crippen molar-refractivity contribution >= 4 is 5.78 Å². The van der Waals surface area contributed by atoms with Gasteiger partial charge in [0.15, 0.2) is 5.78 Å². The highest BCUT2D eigenvalue weighted by Gasteiger charge is 2.31. The van der Waals surface area contributed by atoms with E-state index in [0.29, 0.717) is 0 Å². The molecule has 2 nitrogen and oxygen atoms in total. The first-order chi connectivity index (χ1) is 9.37. The molecule has 0 unspecified atom stereocenters. The summed E-state index contributed by atoms with van der Waals surface area (Å²) < 4.78 is 6.25. The Balaban J connectivity index is 2.20. The van der Waals surface area contributed by atoms with Crippen LogP contribution in [0.3, 0.4) is 0 Å². The third-order valence-electron chi connectivity index (χ3n) is 4.44. The summed E-state index contributed by atoms with van der Waals surface area (Å²) in [6.07, 6.45) is 6.03. The predicted octanol–water partition coefficient (Wildman–Crippen LogP) is 4.04. The van der Waals surface area contributed by atoms with Crippen molar-refractivity contribution in [2.75, 3.05) is 0 Å². The van der Waals surface area contributed by atoms with Crippen LogP contribution in [0.25, 0.3) is 0 Å². The first kappa shape index (κ1) is 13.4. The van der Waals surface area contributed by atoms with Crippen LogP contribution in [0.1, 0.15) is 61.2 Å². The fraction of sp³-hybridized carbons (Fsp3) is 0.500. The van der Waals surface area contributed by atoms with Gasteiger partial charge in [0, 0.05) is 11.1 Å². The monoisotopic (exact) mass is 270 g/mol. The zero-order valence-corrected chi connectivity index (χ0v) is 12.8. The lowest BCUT2D eigenvalue weighted by molar-refractivity contribution is 0.0832. The highest BCUT2D eigenvalue weighted by atomic mass is 16.5. The Hall–Kier alpha value is -1.57. The summed E-state index contributed by atoms with van der Waals surface area (Å²) in [5.74, 6) is 1.22. The second kappa shape index (κ2) is 4.47. The van der Waals surface area contributed by atoms with Gasteiger partial charge in [-0.25, -0.2) is 0 Å². The number of benzene rings is 1. The lowest BCUT2D eigenvalue weighted by Gasteiger charge is -2.36. The van der Waals surface area contributed by atoms with Crippen molar-refractivity contribution in [3.05, 3.63) is 40.0 Å². The van der Waals surface area contributed by atoms with Crippen LogP contribution in [0.5, 0.6) is 5.75 Å². The van der Waals surface area contributed by atoms with Crippen molar-refractivity contribution in [1.82, 2.24) is 0 Å². The molecule has 1 aromatic carbocycles. The van der Waals surface area contributed by atoms with Crippen molar-refractivity contribution in [2.45, 2.75) is 59.0 Å². The van der Waals surface area contributed by atoms with Crippen LogP contribution < -0.4 is 4.74 Å². The molecule has 3 rings (SSSR count). The molecule has 0 spiro atoms.